The molecule has 0 unspecified atom stereocenters. The van der Waals surface area contributed by atoms with Crippen molar-refractivity contribution in [2.24, 2.45) is 0 Å². The maximum Gasteiger partial charge on any atom is 0.244 e. The normalized spacial score (nSPS) is 15.6. The van der Waals surface area contributed by atoms with Crippen molar-refractivity contribution in [2.45, 2.75) is 45.3 Å². The van der Waals surface area contributed by atoms with E-state index in [0.29, 0.717) is 6.54 Å². The summed E-state index contributed by atoms with van der Waals surface area (Å²) in [4.78, 5) is 15.3. The number of halogens is 1. The fourth-order valence-electron chi connectivity index (χ4n) is 3.92. The Labute approximate surface area is 184 Å². The summed E-state index contributed by atoms with van der Waals surface area (Å²) in [5.41, 5.74) is 2.45. The first-order chi connectivity index (χ1) is 14.8. The van der Waals surface area contributed by atoms with E-state index >= 15 is 0 Å². The van der Waals surface area contributed by atoms with E-state index in [1.54, 1.807) is 6.92 Å². The molecule has 1 aliphatic heterocycles. The Morgan fingerprint density at radius 1 is 1.06 bits per heavy atom. The van der Waals surface area contributed by atoms with Crippen molar-refractivity contribution in [1.82, 2.24) is 10.2 Å². The quantitative estimate of drug-likeness (QED) is 0.641. The molecule has 2 aromatic rings. The highest BCUT2D eigenvalue weighted by Gasteiger charge is 2.31. The van der Waals surface area contributed by atoms with Crippen molar-refractivity contribution in [3.8, 4) is 0 Å². The van der Waals surface area contributed by atoms with E-state index in [1.807, 2.05) is 12.1 Å². The van der Waals surface area contributed by atoms with E-state index in [4.69, 9.17) is 0 Å². The number of benzene rings is 2. The SMILES string of the molecule is CC[C@@H](C(=O)NCc1ccc(CN2CCCC2)cc1)N(c1ccc(F)cc1)S(C)(=O)=O. The molecule has 0 bridgehead atoms. The number of hydrogen-bond donors (Lipinski definition) is 1. The molecule has 168 valence electrons. The number of carbonyl (C=O) groups is 1. The van der Waals surface area contributed by atoms with Crippen LogP contribution in [0.2, 0.25) is 0 Å². The van der Waals surface area contributed by atoms with E-state index in [2.05, 4.69) is 22.3 Å². The van der Waals surface area contributed by atoms with Crippen LogP contribution in [0.3, 0.4) is 0 Å². The average molecular weight is 448 g/mol. The van der Waals surface area contributed by atoms with E-state index in [0.717, 1.165) is 35.8 Å². The predicted molar refractivity (Wildman–Crippen MR) is 121 cm³/mol. The van der Waals surface area contributed by atoms with Gasteiger partial charge < -0.3 is 5.32 Å². The number of carbonyl (C=O) groups excluding carboxylic acids is 1. The lowest BCUT2D eigenvalue weighted by Crippen LogP contribution is -2.49. The summed E-state index contributed by atoms with van der Waals surface area (Å²) in [6.45, 7) is 5.27. The van der Waals surface area contributed by atoms with Crippen LogP contribution in [0.4, 0.5) is 10.1 Å². The van der Waals surface area contributed by atoms with E-state index in [9.17, 15) is 17.6 Å². The molecule has 1 amide bonds. The lowest BCUT2D eigenvalue weighted by molar-refractivity contribution is -0.122. The molecule has 1 atom stereocenters. The Bertz CT molecular complexity index is 972. The van der Waals surface area contributed by atoms with E-state index in [1.165, 1.54) is 42.7 Å². The summed E-state index contributed by atoms with van der Waals surface area (Å²) in [6.07, 6.45) is 3.84. The van der Waals surface area contributed by atoms with Crippen molar-refractivity contribution in [1.29, 1.82) is 0 Å². The molecule has 0 saturated carbocycles. The minimum atomic E-state index is -3.74. The Balaban J connectivity index is 1.66. The minimum absolute atomic E-state index is 0.261. The van der Waals surface area contributed by atoms with Crippen molar-refractivity contribution in [2.75, 3.05) is 23.7 Å². The molecule has 8 heteroatoms. The highest BCUT2D eigenvalue weighted by Crippen LogP contribution is 2.23. The average Bonchev–Trinajstić information content (AvgIpc) is 3.24. The third-order valence-corrected chi connectivity index (χ3v) is 6.69. The van der Waals surface area contributed by atoms with Crippen LogP contribution in [-0.4, -0.2) is 44.6 Å². The van der Waals surface area contributed by atoms with Crippen LogP contribution < -0.4 is 9.62 Å². The van der Waals surface area contributed by atoms with Crippen molar-refractivity contribution < 1.29 is 17.6 Å². The number of sulfonamides is 1. The van der Waals surface area contributed by atoms with Crippen LogP contribution in [0.1, 0.15) is 37.3 Å². The largest absolute Gasteiger partial charge is 0.350 e. The van der Waals surface area contributed by atoms with Gasteiger partial charge in [-0.3, -0.25) is 14.0 Å². The zero-order valence-corrected chi connectivity index (χ0v) is 18.9. The minimum Gasteiger partial charge on any atom is -0.350 e. The molecule has 1 aliphatic rings. The van der Waals surface area contributed by atoms with Gasteiger partial charge in [0, 0.05) is 13.1 Å². The number of anilines is 1. The van der Waals surface area contributed by atoms with Gasteiger partial charge in [-0.15, -0.1) is 0 Å². The summed E-state index contributed by atoms with van der Waals surface area (Å²) in [7, 11) is -3.74. The van der Waals surface area contributed by atoms with Gasteiger partial charge in [0.25, 0.3) is 0 Å². The first-order valence-electron chi connectivity index (χ1n) is 10.6. The molecule has 1 heterocycles. The van der Waals surface area contributed by atoms with E-state index < -0.39 is 27.8 Å². The number of likely N-dealkylation sites (tertiary alicyclic amines) is 1. The second-order valence-corrected chi connectivity index (χ2v) is 9.84. The van der Waals surface area contributed by atoms with Crippen molar-refractivity contribution >= 4 is 21.6 Å². The molecule has 1 saturated heterocycles. The van der Waals surface area contributed by atoms with Crippen molar-refractivity contribution in [3.05, 3.63) is 65.5 Å². The zero-order valence-electron chi connectivity index (χ0n) is 18.1. The summed E-state index contributed by atoms with van der Waals surface area (Å²) < 4.78 is 39.2. The first kappa shape index (κ1) is 23.2. The van der Waals surface area contributed by atoms with Crippen LogP contribution in [0, 0.1) is 5.82 Å². The summed E-state index contributed by atoms with van der Waals surface area (Å²) in [5.74, 6) is -0.860. The Morgan fingerprint density at radius 3 is 2.19 bits per heavy atom. The molecule has 31 heavy (non-hydrogen) atoms. The van der Waals surface area contributed by atoms with Crippen LogP contribution in [0.25, 0.3) is 0 Å². The molecule has 6 nitrogen and oxygen atoms in total. The molecule has 2 aromatic carbocycles. The topological polar surface area (TPSA) is 69.7 Å². The summed E-state index contributed by atoms with van der Waals surface area (Å²) in [5, 5.41) is 2.85. The van der Waals surface area contributed by atoms with E-state index in [-0.39, 0.29) is 12.1 Å². The number of nitrogens with one attached hydrogen (secondary N) is 1. The standard InChI is InChI=1S/C23H30FN3O3S/c1-3-22(27(31(2,29)30)21-12-10-20(24)11-13-21)23(28)25-16-18-6-8-19(9-7-18)17-26-14-4-5-15-26/h6-13,22H,3-5,14-17H2,1-2H3,(H,25,28)/t22-/m0/s1. The van der Waals surface area contributed by atoms with Crippen LogP contribution in [-0.2, 0) is 27.9 Å². The lowest BCUT2D eigenvalue weighted by Gasteiger charge is -2.30. The molecule has 1 N–H and O–H groups in total. The Kier molecular flexibility index (Phi) is 7.67. The van der Waals surface area contributed by atoms with Gasteiger partial charge in [0.1, 0.15) is 11.9 Å². The van der Waals surface area contributed by atoms with Gasteiger partial charge in [-0.1, -0.05) is 31.2 Å². The molecule has 3 rings (SSSR count). The molecule has 0 aliphatic carbocycles. The fraction of sp³-hybridized carbons (Fsp3) is 0.435. The van der Waals surface area contributed by atoms with Gasteiger partial charge in [-0.05, 0) is 67.7 Å². The molecule has 0 radical (unpaired) electrons. The number of nitrogens with zero attached hydrogens (tertiary/aromatic N) is 2. The Morgan fingerprint density at radius 2 is 1.65 bits per heavy atom. The van der Waals surface area contributed by atoms with Gasteiger partial charge in [-0.25, -0.2) is 12.8 Å². The number of hydrogen-bond acceptors (Lipinski definition) is 4. The second kappa shape index (κ2) is 10.2. The molecular formula is C23H30FN3O3S. The van der Waals surface area contributed by atoms with Gasteiger partial charge in [0.2, 0.25) is 15.9 Å². The molecule has 0 spiro atoms. The summed E-state index contributed by atoms with van der Waals surface area (Å²) >= 11 is 0. The van der Waals surface area contributed by atoms with Crippen LogP contribution in [0.15, 0.2) is 48.5 Å². The van der Waals surface area contributed by atoms with Gasteiger partial charge >= 0.3 is 0 Å². The van der Waals surface area contributed by atoms with Crippen LogP contribution in [0.5, 0.6) is 0 Å². The summed E-state index contributed by atoms with van der Waals surface area (Å²) in [6, 6.07) is 12.3. The predicted octanol–water partition coefficient (Wildman–Crippen LogP) is 3.28. The monoisotopic (exact) mass is 447 g/mol. The Hall–Kier alpha value is -2.45. The van der Waals surface area contributed by atoms with Gasteiger partial charge in [0.05, 0.1) is 11.9 Å². The molecule has 0 aromatic heterocycles. The highest BCUT2D eigenvalue weighted by molar-refractivity contribution is 7.92. The lowest BCUT2D eigenvalue weighted by atomic mass is 10.1. The van der Waals surface area contributed by atoms with Crippen molar-refractivity contribution in [3.63, 3.8) is 0 Å². The highest BCUT2D eigenvalue weighted by atomic mass is 32.2. The maximum absolute atomic E-state index is 13.3. The first-order valence-corrected chi connectivity index (χ1v) is 12.5. The van der Waals surface area contributed by atoms with Gasteiger partial charge in [0.15, 0.2) is 0 Å². The maximum atomic E-state index is 13.3. The zero-order chi connectivity index (χ0) is 22.4. The number of rotatable bonds is 9. The molecular weight excluding hydrogens is 417 g/mol. The smallest absolute Gasteiger partial charge is 0.244 e. The number of amides is 1. The second-order valence-electron chi connectivity index (χ2n) is 7.98. The van der Waals surface area contributed by atoms with Crippen LogP contribution >= 0.6 is 0 Å². The van der Waals surface area contributed by atoms with Gasteiger partial charge in [-0.2, -0.15) is 0 Å². The third-order valence-electron chi connectivity index (χ3n) is 5.51. The third kappa shape index (κ3) is 6.27. The fourth-order valence-corrected chi connectivity index (χ4v) is 5.13. The molecule has 1 fully saturated rings.